The van der Waals surface area contributed by atoms with Gasteiger partial charge in [-0.3, -0.25) is 0 Å². The predicted molar refractivity (Wildman–Crippen MR) is 232 cm³/mol. The molecule has 1 heterocycles. The number of para-hydroxylation sites is 2. The molecule has 0 bridgehead atoms. The van der Waals surface area contributed by atoms with Gasteiger partial charge in [0.05, 0.1) is 11.4 Å². The quantitative estimate of drug-likeness (QED) is 0.166. The summed E-state index contributed by atoms with van der Waals surface area (Å²) in [6.07, 6.45) is 0. The Morgan fingerprint density at radius 3 is 1.91 bits per heavy atom. The number of hydrogen-bond acceptors (Lipinski definition) is 2. The van der Waals surface area contributed by atoms with Crippen molar-refractivity contribution in [3.05, 3.63) is 199 Å². The standard InChI is InChI=1S/C53H37NO/c1-53(2)46-20-8-5-17-45(46)52-47(53)21-12-23-49(52)54(48-22-9-6-15-40(48)36-28-32-44-43-16-7-10-24-50(43)55-51(44)33-36)37-29-25-35(26-30-37)39-18-11-19-41-38-14-4-3-13-34(38)27-31-42(39)41/h3-33H,1-2H3. The van der Waals surface area contributed by atoms with Crippen molar-refractivity contribution in [1.82, 2.24) is 0 Å². The molecule has 0 spiro atoms. The van der Waals surface area contributed by atoms with E-state index in [0.717, 1.165) is 50.1 Å². The first-order valence-electron chi connectivity index (χ1n) is 19.1. The zero-order valence-electron chi connectivity index (χ0n) is 30.8. The van der Waals surface area contributed by atoms with Gasteiger partial charge in [0, 0.05) is 33.0 Å². The van der Waals surface area contributed by atoms with Gasteiger partial charge in [-0.25, -0.2) is 0 Å². The predicted octanol–water partition coefficient (Wildman–Crippen LogP) is 15.0. The van der Waals surface area contributed by atoms with E-state index in [9.17, 15) is 0 Å². The first-order valence-corrected chi connectivity index (χ1v) is 19.1. The molecule has 1 aliphatic carbocycles. The van der Waals surface area contributed by atoms with Crippen LogP contribution < -0.4 is 4.90 Å². The molecule has 9 aromatic carbocycles. The normalized spacial score (nSPS) is 13.1. The van der Waals surface area contributed by atoms with E-state index in [1.165, 1.54) is 54.9 Å². The maximum Gasteiger partial charge on any atom is 0.136 e. The van der Waals surface area contributed by atoms with Gasteiger partial charge in [-0.15, -0.1) is 0 Å². The number of benzene rings is 9. The Balaban J connectivity index is 1.12. The number of anilines is 3. The molecule has 0 saturated heterocycles. The van der Waals surface area contributed by atoms with Gasteiger partial charge in [-0.05, 0) is 97.4 Å². The summed E-state index contributed by atoms with van der Waals surface area (Å²) in [4.78, 5) is 2.47. The highest BCUT2D eigenvalue weighted by atomic mass is 16.3. The van der Waals surface area contributed by atoms with E-state index in [1.54, 1.807) is 0 Å². The first kappa shape index (κ1) is 31.6. The minimum Gasteiger partial charge on any atom is -0.456 e. The summed E-state index contributed by atoms with van der Waals surface area (Å²) in [5.74, 6) is 0. The zero-order chi connectivity index (χ0) is 36.7. The van der Waals surface area contributed by atoms with Gasteiger partial charge in [0.2, 0.25) is 0 Å². The molecule has 0 fully saturated rings. The Labute approximate surface area is 320 Å². The fourth-order valence-corrected chi connectivity index (χ4v) is 9.22. The Morgan fingerprint density at radius 2 is 1.02 bits per heavy atom. The van der Waals surface area contributed by atoms with Crippen LogP contribution in [-0.2, 0) is 5.41 Å². The number of hydrogen-bond donors (Lipinski definition) is 0. The smallest absolute Gasteiger partial charge is 0.136 e. The highest BCUT2D eigenvalue weighted by molar-refractivity contribution is 6.12. The van der Waals surface area contributed by atoms with Crippen LogP contribution in [0.1, 0.15) is 25.0 Å². The second-order valence-electron chi connectivity index (χ2n) is 15.3. The average Bonchev–Trinajstić information content (AvgIpc) is 3.73. The maximum absolute atomic E-state index is 6.40. The Hall–Kier alpha value is -6.90. The molecule has 1 aliphatic rings. The molecule has 0 N–H and O–H groups in total. The first-order chi connectivity index (χ1) is 27.0. The van der Waals surface area contributed by atoms with E-state index in [0.29, 0.717) is 0 Å². The SMILES string of the molecule is CC1(C)c2ccccc2-c2c(N(c3ccc(-c4cccc5c4ccc4ccccc45)cc3)c3ccccc3-c3ccc4c(c3)oc3ccccc34)cccc21. The van der Waals surface area contributed by atoms with Crippen LogP contribution in [0.2, 0.25) is 0 Å². The molecular weight excluding hydrogens is 667 g/mol. The van der Waals surface area contributed by atoms with Crippen LogP contribution in [0.4, 0.5) is 17.1 Å². The van der Waals surface area contributed by atoms with E-state index in [-0.39, 0.29) is 5.41 Å². The summed E-state index contributed by atoms with van der Waals surface area (Å²) < 4.78 is 6.40. The van der Waals surface area contributed by atoms with Gasteiger partial charge in [0.25, 0.3) is 0 Å². The Morgan fingerprint density at radius 1 is 0.400 bits per heavy atom. The van der Waals surface area contributed by atoms with Crippen LogP contribution in [0.3, 0.4) is 0 Å². The highest BCUT2D eigenvalue weighted by Crippen LogP contribution is 2.55. The molecular formula is C53H37NO. The number of fused-ring (bicyclic) bond motifs is 9. The minimum atomic E-state index is -0.123. The molecule has 0 saturated carbocycles. The van der Waals surface area contributed by atoms with E-state index >= 15 is 0 Å². The largest absolute Gasteiger partial charge is 0.456 e. The van der Waals surface area contributed by atoms with Crippen molar-refractivity contribution in [3.8, 4) is 33.4 Å². The number of rotatable bonds is 5. The lowest BCUT2D eigenvalue weighted by atomic mass is 9.82. The molecule has 1 aromatic heterocycles. The Bertz CT molecular complexity index is 3130. The molecule has 2 heteroatoms. The van der Waals surface area contributed by atoms with Crippen molar-refractivity contribution < 1.29 is 4.42 Å². The third-order valence-corrected chi connectivity index (χ3v) is 11.9. The fourth-order valence-electron chi connectivity index (χ4n) is 9.22. The highest BCUT2D eigenvalue weighted by Gasteiger charge is 2.38. The number of furan rings is 1. The van der Waals surface area contributed by atoms with Crippen molar-refractivity contribution in [2.24, 2.45) is 0 Å². The maximum atomic E-state index is 6.40. The summed E-state index contributed by atoms with van der Waals surface area (Å²) in [6, 6.07) is 68.5. The third kappa shape index (κ3) is 4.81. The lowest BCUT2D eigenvalue weighted by molar-refractivity contribution is 0.660. The van der Waals surface area contributed by atoms with E-state index in [4.69, 9.17) is 4.42 Å². The topological polar surface area (TPSA) is 16.4 Å². The Kier molecular flexibility index (Phi) is 6.93. The fraction of sp³-hybridized carbons (Fsp3) is 0.0566. The van der Waals surface area contributed by atoms with Gasteiger partial charge in [-0.2, -0.15) is 0 Å². The van der Waals surface area contributed by atoms with Gasteiger partial charge in [0.1, 0.15) is 11.2 Å². The van der Waals surface area contributed by atoms with Crippen molar-refractivity contribution >= 4 is 60.5 Å². The zero-order valence-corrected chi connectivity index (χ0v) is 30.8. The van der Waals surface area contributed by atoms with E-state index < -0.39 is 0 Å². The van der Waals surface area contributed by atoms with Crippen LogP contribution in [0, 0.1) is 0 Å². The summed E-state index contributed by atoms with van der Waals surface area (Å²) in [5, 5.41) is 7.35. The second kappa shape index (κ2) is 12.1. The van der Waals surface area contributed by atoms with Crippen LogP contribution in [-0.4, -0.2) is 0 Å². The summed E-state index contributed by atoms with van der Waals surface area (Å²) in [5.41, 5.74) is 15.0. The molecule has 260 valence electrons. The van der Waals surface area contributed by atoms with Crippen molar-refractivity contribution in [3.63, 3.8) is 0 Å². The lowest BCUT2D eigenvalue weighted by Gasteiger charge is -2.30. The molecule has 11 rings (SSSR count). The molecule has 55 heavy (non-hydrogen) atoms. The summed E-state index contributed by atoms with van der Waals surface area (Å²) >= 11 is 0. The molecule has 10 aromatic rings. The third-order valence-electron chi connectivity index (χ3n) is 11.9. The van der Waals surface area contributed by atoms with Crippen molar-refractivity contribution in [2.45, 2.75) is 19.3 Å². The summed E-state index contributed by atoms with van der Waals surface area (Å²) in [6.45, 7) is 4.70. The van der Waals surface area contributed by atoms with Gasteiger partial charge < -0.3 is 9.32 Å². The number of nitrogens with zero attached hydrogens (tertiary/aromatic N) is 1. The van der Waals surface area contributed by atoms with Gasteiger partial charge in [-0.1, -0.05) is 159 Å². The second-order valence-corrected chi connectivity index (χ2v) is 15.3. The van der Waals surface area contributed by atoms with Gasteiger partial charge >= 0.3 is 0 Å². The van der Waals surface area contributed by atoms with Crippen LogP contribution >= 0.6 is 0 Å². The monoisotopic (exact) mass is 703 g/mol. The molecule has 2 nitrogen and oxygen atoms in total. The van der Waals surface area contributed by atoms with Crippen LogP contribution in [0.15, 0.2) is 192 Å². The van der Waals surface area contributed by atoms with E-state index in [1.807, 2.05) is 12.1 Å². The van der Waals surface area contributed by atoms with E-state index in [2.05, 4.69) is 195 Å². The molecule has 0 atom stereocenters. The van der Waals surface area contributed by atoms with Crippen molar-refractivity contribution in [1.29, 1.82) is 0 Å². The average molecular weight is 704 g/mol. The lowest BCUT2D eigenvalue weighted by Crippen LogP contribution is -2.16. The summed E-state index contributed by atoms with van der Waals surface area (Å²) in [7, 11) is 0. The molecule has 0 aliphatic heterocycles. The molecule has 0 amide bonds. The minimum absolute atomic E-state index is 0.123. The van der Waals surface area contributed by atoms with Crippen LogP contribution in [0.25, 0.3) is 76.9 Å². The van der Waals surface area contributed by atoms with Crippen molar-refractivity contribution in [2.75, 3.05) is 4.90 Å². The molecule has 0 radical (unpaired) electrons. The van der Waals surface area contributed by atoms with Crippen LogP contribution in [0.5, 0.6) is 0 Å². The molecule has 0 unspecified atom stereocenters. The van der Waals surface area contributed by atoms with Gasteiger partial charge in [0.15, 0.2) is 0 Å².